The first kappa shape index (κ1) is 14.4. The highest BCUT2D eigenvalue weighted by Crippen LogP contribution is 2.44. The maximum atomic E-state index is 12.1. The monoisotopic (exact) mass is 287 g/mol. The van der Waals surface area contributed by atoms with Crippen LogP contribution in [-0.2, 0) is 16.8 Å². The Morgan fingerprint density at radius 2 is 2.10 bits per heavy atom. The Balaban J connectivity index is 1.80. The number of carbonyl (C=O) groups is 1. The lowest BCUT2D eigenvalue weighted by atomic mass is 9.74. The molecule has 0 radical (unpaired) electrons. The van der Waals surface area contributed by atoms with E-state index in [1.807, 2.05) is 18.7 Å². The first-order valence-corrected chi connectivity index (χ1v) is 7.92. The summed E-state index contributed by atoms with van der Waals surface area (Å²) < 4.78 is 0. The SMILES string of the molecule is CC(C)C(=O)N1CCC2(CC1)CNc1ccc(CN)cc12. The summed E-state index contributed by atoms with van der Waals surface area (Å²) in [5.41, 5.74) is 9.82. The highest BCUT2D eigenvalue weighted by Gasteiger charge is 2.42. The Kier molecular flexibility index (Phi) is 3.66. The summed E-state index contributed by atoms with van der Waals surface area (Å²) in [4.78, 5) is 14.2. The van der Waals surface area contributed by atoms with Crippen molar-refractivity contribution in [2.24, 2.45) is 11.7 Å². The number of benzene rings is 1. The number of hydrogen-bond donors (Lipinski definition) is 2. The molecule has 3 rings (SSSR count). The van der Waals surface area contributed by atoms with Crippen molar-refractivity contribution in [2.75, 3.05) is 25.0 Å². The fourth-order valence-corrected chi connectivity index (χ4v) is 3.64. The second-order valence-corrected chi connectivity index (χ2v) is 6.70. The minimum absolute atomic E-state index is 0.0943. The van der Waals surface area contributed by atoms with Crippen LogP contribution in [0.4, 0.5) is 5.69 Å². The van der Waals surface area contributed by atoms with Crippen LogP contribution in [0.5, 0.6) is 0 Å². The van der Waals surface area contributed by atoms with E-state index in [0.717, 1.165) is 32.5 Å². The summed E-state index contributed by atoms with van der Waals surface area (Å²) in [6.45, 7) is 7.26. The van der Waals surface area contributed by atoms with E-state index in [1.54, 1.807) is 0 Å². The molecule has 21 heavy (non-hydrogen) atoms. The van der Waals surface area contributed by atoms with Gasteiger partial charge in [0.15, 0.2) is 0 Å². The molecule has 1 saturated heterocycles. The fraction of sp³-hybridized carbons (Fsp3) is 0.588. The Morgan fingerprint density at radius 3 is 2.71 bits per heavy atom. The second kappa shape index (κ2) is 5.34. The average Bonchev–Trinajstić information content (AvgIpc) is 2.85. The molecular weight excluding hydrogens is 262 g/mol. The summed E-state index contributed by atoms with van der Waals surface area (Å²) >= 11 is 0. The van der Waals surface area contributed by atoms with Gasteiger partial charge < -0.3 is 16.0 Å². The van der Waals surface area contributed by atoms with Crippen molar-refractivity contribution in [3.05, 3.63) is 29.3 Å². The largest absolute Gasteiger partial charge is 0.384 e. The van der Waals surface area contributed by atoms with Crippen molar-refractivity contribution >= 4 is 11.6 Å². The standard InChI is InChI=1S/C17H25N3O/c1-12(2)16(21)20-7-5-17(6-8-20)11-19-15-4-3-13(10-18)9-14(15)17/h3-4,9,12,19H,5-8,10-11,18H2,1-2H3. The van der Waals surface area contributed by atoms with E-state index in [-0.39, 0.29) is 17.2 Å². The molecule has 0 aromatic heterocycles. The molecule has 1 fully saturated rings. The van der Waals surface area contributed by atoms with Gasteiger partial charge in [0.1, 0.15) is 0 Å². The van der Waals surface area contributed by atoms with E-state index in [1.165, 1.54) is 16.8 Å². The maximum absolute atomic E-state index is 12.1. The van der Waals surface area contributed by atoms with E-state index in [2.05, 4.69) is 23.5 Å². The lowest BCUT2D eigenvalue weighted by molar-refractivity contribution is -0.136. The molecule has 4 heteroatoms. The Morgan fingerprint density at radius 1 is 1.38 bits per heavy atom. The molecule has 0 aliphatic carbocycles. The zero-order valence-electron chi connectivity index (χ0n) is 13.0. The van der Waals surface area contributed by atoms with Gasteiger partial charge in [-0.2, -0.15) is 0 Å². The Labute approximate surface area is 126 Å². The molecule has 2 aliphatic heterocycles. The highest BCUT2D eigenvalue weighted by atomic mass is 16.2. The predicted octanol–water partition coefficient (Wildman–Crippen LogP) is 2.09. The van der Waals surface area contributed by atoms with Crippen LogP contribution < -0.4 is 11.1 Å². The van der Waals surface area contributed by atoms with E-state index in [0.29, 0.717) is 6.54 Å². The first-order chi connectivity index (χ1) is 10.1. The van der Waals surface area contributed by atoms with Crippen LogP contribution in [0, 0.1) is 5.92 Å². The Hall–Kier alpha value is -1.55. The van der Waals surface area contributed by atoms with Gasteiger partial charge in [0.25, 0.3) is 0 Å². The Bertz CT molecular complexity index is 545. The molecule has 1 aromatic carbocycles. The van der Waals surface area contributed by atoms with Crippen LogP contribution in [0.1, 0.15) is 37.8 Å². The molecule has 4 nitrogen and oxygen atoms in total. The number of nitrogens with two attached hydrogens (primary N) is 1. The molecule has 0 atom stereocenters. The van der Waals surface area contributed by atoms with Crippen LogP contribution in [0.15, 0.2) is 18.2 Å². The van der Waals surface area contributed by atoms with Gasteiger partial charge in [0.05, 0.1) is 0 Å². The first-order valence-electron chi connectivity index (χ1n) is 7.92. The zero-order chi connectivity index (χ0) is 15.0. The number of nitrogens with one attached hydrogen (secondary N) is 1. The van der Waals surface area contributed by atoms with Gasteiger partial charge in [-0.25, -0.2) is 0 Å². The molecule has 0 bridgehead atoms. The molecular formula is C17H25N3O. The van der Waals surface area contributed by atoms with Gasteiger partial charge in [0, 0.05) is 43.2 Å². The fourth-order valence-electron chi connectivity index (χ4n) is 3.64. The number of anilines is 1. The predicted molar refractivity (Wildman–Crippen MR) is 85.2 cm³/mol. The van der Waals surface area contributed by atoms with Crippen molar-refractivity contribution in [1.82, 2.24) is 4.90 Å². The molecule has 2 aliphatic rings. The van der Waals surface area contributed by atoms with Crippen molar-refractivity contribution in [3.63, 3.8) is 0 Å². The van der Waals surface area contributed by atoms with Gasteiger partial charge in [-0.15, -0.1) is 0 Å². The molecule has 0 unspecified atom stereocenters. The highest BCUT2D eigenvalue weighted by molar-refractivity contribution is 5.78. The van der Waals surface area contributed by atoms with Crippen molar-refractivity contribution < 1.29 is 4.79 Å². The maximum Gasteiger partial charge on any atom is 0.225 e. The smallest absolute Gasteiger partial charge is 0.225 e. The third kappa shape index (κ3) is 2.42. The minimum atomic E-state index is 0.0943. The average molecular weight is 287 g/mol. The number of rotatable bonds is 2. The summed E-state index contributed by atoms with van der Waals surface area (Å²) in [5, 5.41) is 3.53. The topological polar surface area (TPSA) is 58.4 Å². The summed E-state index contributed by atoms with van der Waals surface area (Å²) in [5.74, 6) is 0.378. The zero-order valence-corrected chi connectivity index (χ0v) is 13.0. The number of amides is 1. The molecule has 0 saturated carbocycles. The van der Waals surface area contributed by atoms with Crippen LogP contribution in [0.2, 0.25) is 0 Å². The number of nitrogens with zero attached hydrogens (tertiary/aromatic N) is 1. The van der Waals surface area contributed by atoms with E-state index >= 15 is 0 Å². The lowest BCUT2D eigenvalue weighted by Crippen LogP contribution is -2.47. The van der Waals surface area contributed by atoms with Crippen molar-refractivity contribution in [3.8, 4) is 0 Å². The van der Waals surface area contributed by atoms with Crippen LogP contribution in [-0.4, -0.2) is 30.4 Å². The van der Waals surface area contributed by atoms with Crippen LogP contribution in [0.25, 0.3) is 0 Å². The minimum Gasteiger partial charge on any atom is -0.384 e. The van der Waals surface area contributed by atoms with Gasteiger partial charge in [-0.1, -0.05) is 26.0 Å². The molecule has 1 amide bonds. The molecule has 3 N–H and O–H groups in total. The number of hydrogen-bond acceptors (Lipinski definition) is 3. The summed E-state index contributed by atoms with van der Waals surface area (Å²) in [6, 6.07) is 6.51. The second-order valence-electron chi connectivity index (χ2n) is 6.70. The normalized spacial score (nSPS) is 19.7. The van der Waals surface area contributed by atoms with Gasteiger partial charge >= 0.3 is 0 Å². The number of likely N-dealkylation sites (tertiary alicyclic amines) is 1. The molecule has 114 valence electrons. The van der Waals surface area contributed by atoms with E-state index in [4.69, 9.17) is 5.73 Å². The third-order valence-corrected chi connectivity index (χ3v) is 5.03. The molecule has 1 spiro atoms. The quantitative estimate of drug-likeness (QED) is 0.875. The van der Waals surface area contributed by atoms with Gasteiger partial charge in [-0.3, -0.25) is 4.79 Å². The van der Waals surface area contributed by atoms with E-state index < -0.39 is 0 Å². The summed E-state index contributed by atoms with van der Waals surface area (Å²) in [6.07, 6.45) is 2.08. The number of carbonyl (C=O) groups excluding carboxylic acids is 1. The number of piperidine rings is 1. The van der Waals surface area contributed by atoms with Crippen LogP contribution in [0.3, 0.4) is 0 Å². The summed E-state index contributed by atoms with van der Waals surface area (Å²) in [7, 11) is 0. The van der Waals surface area contributed by atoms with E-state index in [9.17, 15) is 4.79 Å². The van der Waals surface area contributed by atoms with Gasteiger partial charge in [0.2, 0.25) is 5.91 Å². The lowest BCUT2D eigenvalue weighted by Gasteiger charge is -2.40. The van der Waals surface area contributed by atoms with Gasteiger partial charge in [-0.05, 0) is 30.0 Å². The number of fused-ring (bicyclic) bond motifs is 2. The third-order valence-electron chi connectivity index (χ3n) is 5.03. The van der Waals surface area contributed by atoms with Crippen molar-refractivity contribution in [1.29, 1.82) is 0 Å². The molecule has 2 heterocycles. The van der Waals surface area contributed by atoms with Crippen LogP contribution >= 0.6 is 0 Å². The van der Waals surface area contributed by atoms with Crippen molar-refractivity contribution in [2.45, 2.75) is 38.6 Å². The molecule has 1 aromatic rings.